The Labute approximate surface area is 103 Å². The fraction of sp³-hybridized carbons (Fsp3) is 0.429. The lowest BCUT2D eigenvalue weighted by Gasteiger charge is -2.23. The predicted octanol–water partition coefficient (Wildman–Crippen LogP) is 3.84. The highest BCUT2D eigenvalue weighted by molar-refractivity contribution is 6.30. The summed E-state index contributed by atoms with van der Waals surface area (Å²) >= 11 is 6.16. The Balaban J connectivity index is 2.28. The molecular formula is C14H18ClN. The third kappa shape index (κ3) is 2.66. The molecule has 16 heavy (non-hydrogen) atoms. The van der Waals surface area contributed by atoms with Gasteiger partial charge in [-0.2, -0.15) is 0 Å². The lowest BCUT2D eigenvalue weighted by molar-refractivity contribution is 0.460. The molecule has 0 unspecified atom stereocenters. The number of benzene rings is 1. The van der Waals surface area contributed by atoms with Gasteiger partial charge in [-0.25, -0.2) is 0 Å². The number of rotatable bonds is 2. The molecule has 0 amide bonds. The second-order valence-corrected chi connectivity index (χ2v) is 5.01. The molecule has 1 fully saturated rings. The average molecular weight is 236 g/mol. The molecule has 1 aliphatic rings. The van der Waals surface area contributed by atoms with Crippen LogP contribution < -0.4 is 5.32 Å². The molecule has 2 rings (SSSR count). The summed E-state index contributed by atoms with van der Waals surface area (Å²) in [6.07, 6.45) is 2.41. The lowest BCUT2D eigenvalue weighted by atomic mass is 9.89. The van der Waals surface area contributed by atoms with Gasteiger partial charge in [0.25, 0.3) is 0 Å². The maximum atomic E-state index is 6.16. The van der Waals surface area contributed by atoms with Gasteiger partial charge in [0.15, 0.2) is 0 Å². The van der Waals surface area contributed by atoms with E-state index in [9.17, 15) is 0 Å². The molecule has 0 spiro atoms. The van der Waals surface area contributed by atoms with E-state index in [4.69, 9.17) is 11.6 Å². The van der Waals surface area contributed by atoms with Crippen molar-refractivity contribution in [1.82, 2.24) is 5.32 Å². The molecule has 0 aliphatic carbocycles. The van der Waals surface area contributed by atoms with Crippen LogP contribution in [-0.2, 0) is 0 Å². The molecule has 0 bridgehead atoms. The molecular weight excluding hydrogens is 218 g/mol. The van der Waals surface area contributed by atoms with Crippen LogP contribution in [0.3, 0.4) is 0 Å². The van der Waals surface area contributed by atoms with Crippen LogP contribution in [0.4, 0.5) is 0 Å². The molecule has 1 aromatic carbocycles. The van der Waals surface area contributed by atoms with Gasteiger partial charge in [-0.05, 0) is 62.0 Å². The number of hydrogen-bond acceptors (Lipinski definition) is 1. The van der Waals surface area contributed by atoms with E-state index in [1.54, 1.807) is 0 Å². The molecule has 1 aliphatic heterocycles. The number of hydrogen-bond donors (Lipinski definition) is 1. The molecule has 2 heteroatoms. The van der Waals surface area contributed by atoms with E-state index in [2.05, 4.69) is 24.0 Å². The number of piperidine rings is 1. The Morgan fingerprint density at radius 3 is 2.62 bits per heavy atom. The van der Waals surface area contributed by atoms with E-state index >= 15 is 0 Å². The monoisotopic (exact) mass is 235 g/mol. The van der Waals surface area contributed by atoms with Crippen LogP contribution in [0.15, 0.2) is 24.8 Å². The third-order valence-electron chi connectivity index (χ3n) is 3.22. The number of nitrogens with one attached hydrogen (secondary N) is 1. The van der Waals surface area contributed by atoms with Crippen LogP contribution in [0.25, 0.3) is 5.57 Å². The quantitative estimate of drug-likeness (QED) is 0.821. The zero-order valence-electron chi connectivity index (χ0n) is 9.72. The van der Waals surface area contributed by atoms with Crippen molar-refractivity contribution >= 4 is 17.2 Å². The van der Waals surface area contributed by atoms with Crippen molar-refractivity contribution in [3.05, 3.63) is 40.9 Å². The molecule has 0 saturated carbocycles. The lowest BCUT2D eigenvalue weighted by Crippen LogP contribution is -2.26. The van der Waals surface area contributed by atoms with Crippen LogP contribution in [0.2, 0.25) is 5.02 Å². The highest BCUT2D eigenvalue weighted by Crippen LogP contribution is 2.30. The van der Waals surface area contributed by atoms with E-state index in [0.29, 0.717) is 5.92 Å². The van der Waals surface area contributed by atoms with Crippen LogP contribution in [-0.4, -0.2) is 13.1 Å². The molecule has 1 N–H and O–H groups in total. The van der Waals surface area contributed by atoms with E-state index in [0.717, 1.165) is 23.7 Å². The van der Waals surface area contributed by atoms with Gasteiger partial charge in [-0.15, -0.1) is 0 Å². The van der Waals surface area contributed by atoms with Crippen molar-refractivity contribution < 1.29 is 0 Å². The summed E-state index contributed by atoms with van der Waals surface area (Å²) in [4.78, 5) is 0. The number of halogens is 1. The van der Waals surface area contributed by atoms with Crippen molar-refractivity contribution in [3.8, 4) is 0 Å². The van der Waals surface area contributed by atoms with E-state index in [1.807, 2.05) is 13.0 Å². The fourth-order valence-corrected chi connectivity index (χ4v) is 2.49. The van der Waals surface area contributed by atoms with Crippen LogP contribution >= 0.6 is 11.6 Å². The Morgan fingerprint density at radius 1 is 1.31 bits per heavy atom. The standard InChI is InChI=1S/C14H18ClN/c1-10(2)12-7-13(9-14(15)8-12)11-3-5-16-6-4-11/h7-9,11,16H,1,3-6H2,2H3. The summed E-state index contributed by atoms with van der Waals surface area (Å²) < 4.78 is 0. The minimum absolute atomic E-state index is 0.651. The Bertz CT molecular complexity index is 392. The van der Waals surface area contributed by atoms with Gasteiger partial charge in [-0.1, -0.05) is 29.8 Å². The van der Waals surface area contributed by atoms with Crippen molar-refractivity contribution in [2.24, 2.45) is 0 Å². The van der Waals surface area contributed by atoms with E-state index < -0.39 is 0 Å². The van der Waals surface area contributed by atoms with Gasteiger partial charge in [0, 0.05) is 5.02 Å². The first kappa shape index (κ1) is 11.7. The van der Waals surface area contributed by atoms with Gasteiger partial charge in [0.2, 0.25) is 0 Å². The summed E-state index contributed by atoms with van der Waals surface area (Å²) in [5.41, 5.74) is 3.62. The molecule has 86 valence electrons. The van der Waals surface area contributed by atoms with Crippen LogP contribution in [0, 0.1) is 0 Å². The van der Waals surface area contributed by atoms with Gasteiger partial charge in [0.1, 0.15) is 0 Å². The second kappa shape index (κ2) is 5.03. The highest BCUT2D eigenvalue weighted by Gasteiger charge is 2.16. The van der Waals surface area contributed by atoms with Crippen molar-refractivity contribution in [2.45, 2.75) is 25.7 Å². The van der Waals surface area contributed by atoms with Crippen molar-refractivity contribution in [1.29, 1.82) is 0 Å². The smallest absolute Gasteiger partial charge is 0.0414 e. The molecule has 1 heterocycles. The molecule has 0 aromatic heterocycles. The molecule has 0 atom stereocenters. The third-order valence-corrected chi connectivity index (χ3v) is 3.44. The summed E-state index contributed by atoms with van der Waals surface area (Å²) in [6, 6.07) is 6.34. The van der Waals surface area contributed by atoms with Gasteiger partial charge in [0.05, 0.1) is 0 Å². The fourth-order valence-electron chi connectivity index (χ4n) is 2.25. The SMILES string of the molecule is C=C(C)c1cc(Cl)cc(C2CCNCC2)c1. The van der Waals surface area contributed by atoms with Crippen molar-refractivity contribution in [3.63, 3.8) is 0 Å². The van der Waals surface area contributed by atoms with Gasteiger partial charge >= 0.3 is 0 Å². The Kier molecular flexibility index (Phi) is 3.67. The first-order valence-corrected chi connectivity index (χ1v) is 6.21. The van der Waals surface area contributed by atoms with Crippen LogP contribution in [0.5, 0.6) is 0 Å². The first-order valence-electron chi connectivity index (χ1n) is 5.84. The van der Waals surface area contributed by atoms with Gasteiger partial charge < -0.3 is 5.32 Å². The topological polar surface area (TPSA) is 12.0 Å². The average Bonchev–Trinajstić information content (AvgIpc) is 2.29. The normalized spacial score (nSPS) is 17.4. The minimum atomic E-state index is 0.651. The largest absolute Gasteiger partial charge is 0.317 e. The van der Waals surface area contributed by atoms with E-state index in [1.165, 1.54) is 24.0 Å². The molecule has 1 aromatic rings. The minimum Gasteiger partial charge on any atom is -0.317 e. The maximum absolute atomic E-state index is 6.16. The van der Waals surface area contributed by atoms with Gasteiger partial charge in [-0.3, -0.25) is 0 Å². The maximum Gasteiger partial charge on any atom is 0.0414 e. The first-order chi connectivity index (χ1) is 7.66. The summed E-state index contributed by atoms with van der Waals surface area (Å²) in [6.45, 7) is 8.23. The zero-order valence-corrected chi connectivity index (χ0v) is 10.5. The van der Waals surface area contributed by atoms with Crippen LogP contribution in [0.1, 0.15) is 36.8 Å². The zero-order chi connectivity index (χ0) is 11.5. The molecule has 0 radical (unpaired) electrons. The highest BCUT2D eigenvalue weighted by atomic mass is 35.5. The Hall–Kier alpha value is -0.790. The summed E-state index contributed by atoms with van der Waals surface area (Å²) in [5, 5.41) is 4.21. The molecule has 1 nitrogen and oxygen atoms in total. The summed E-state index contributed by atoms with van der Waals surface area (Å²) in [5.74, 6) is 0.651. The second-order valence-electron chi connectivity index (χ2n) is 4.58. The molecule has 1 saturated heterocycles. The Morgan fingerprint density at radius 2 is 2.00 bits per heavy atom. The predicted molar refractivity (Wildman–Crippen MR) is 71.0 cm³/mol. The van der Waals surface area contributed by atoms with Crippen molar-refractivity contribution in [2.75, 3.05) is 13.1 Å². The van der Waals surface area contributed by atoms with E-state index in [-0.39, 0.29) is 0 Å². The summed E-state index contributed by atoms with van der Waals surface area (Å²) in [7, 11) is 0. The number of allylic oxidation sites excluding steroid dienone is 1.